The van der Waals surface area contributed by atoms with Gasteiger partial charge in [-0.1, -0.05) is 37.3 Å². The van der Waals surface area contributed by atoms with Gasteiger partial charge in [-0.2, -0.15) is 5.10 Å². The number of aromatic nitrogens is 3. The Balaban J connectivity index is 1.64. The van der Waals surface area contributed by atoms with Crippen LogP contribution < -0.4 is 16.2 Å². The minimum atomic E-state index is -0.270. The number of amides is 1. The fourth-order valence-corrected chi connectivity index (χ4v) is 4.11. The molecule has 1 aliphatic rings. The number of primary amides is 1. The van der Waals surface area contributed by atoms with Gasteiger partial charge in [-0.05, 0) is 17.9 Å². The van der Waals surface area contributed by atoms with Crippen LogP contribution in [0.25, 0.3) is 11.1 Å². The van der Waals surface area contributed by atoms with E-state index in [2.05, 4.69) is 22.1 Å². The third-order valence-electron chi connectivity index (χ3n) is 6.06. The van der Waals surface area contributed by atoms with Gasteiger partial charge in [0.15, 0.2) is 0 Å². The zero-order chi connectivity index (χ0) is 21.3. The van der Waals surface area contributed by atoms with Gasteiger partial charge < -0.3 is 15.2 Å². The summed E-state index contributed by atoms with van der Waals surface area (Å²) in [5.41, 5.74) is 9.44. The summed E-state index contributed by atoms with van der Waals surface area (Å²) >= 11 is 0. The van der Waals surface area contributed by atoms with Crippen molar-refractivity contribution in [2.45, 2.75) is 19.9 Å². The molecular formula is C23H27N5O2. The first kappa shape index (κ1) is 19.9. The molecule has 156 valence electrons. The van der Waals surface area contributed by atoms with Crippen molar-refractivity contribution in [2.75, 3.05) is 18.0 Å². The molecule has 2 unspecified atom stereocenters. The van der Waals surface area contributed by atoms with Crippen molar-refractivity contribution in [1.82, 2.24) is 14.3 Å². The molecule has 1 fully saturated rings. The lowest BCUT2D eigenvalue weighted by molar-refractivity contribution is -0.122. The van der Waals surface area contributed by atoms with Crippen LogP contribution in [0.5, 0.6) is 0 Å². The van der Waals surface area contributed by atoms with Crippen molar-refractivity contribution < 1.29 is 4.79 Å². The summed E-state index contributed by atoms with van der Waals surface area (Å²) in [5.74, 6) is -0.257. The second-order valence-corrected chi connectivity index (χ2v) is 8.12. The van der Waals surface area contributed by atoms with Crippen LogP contribution in [0.1, 0.15) is 18.9 Å². The lowest BCUT2D eigenvalue weighted by Gasteiger charge is -2.23. The quantitative estimate of drug-likeness (QED) is 0.682. The maximum atomic E-state index is 12.4. The van der Waals surface area contributed by atoms with E-state index in [4.69, 9.17) is 5.73 Å². The second kappa shape index (κ2) is 8.18. The van der Waals surface area contributed by atoms with Crippen LogP contribution in [0.3, 0.4) is 0 Å². The zero-order valence-corrected chi connectivity index (χ0v) is 17.4. The van der Waals surface area contributed by atoms with E-state index in [-0.39, 0.29) is 23.3 Å². The van der Waals surface area contributed by atoms with E-state index in [1.807, 2.05) is 48.4 Å². The Labute approximate surface area is 175 Å². The van der Waals surface area contributed by atoms with Gasteiger partial charge in [0.2, 0.25) is 5.91 Å². The Hall–Kier alpha value is -3.35. The minimum Gasteiger partial charge on any atom is -0.371 e. The molecular weight excluding hydrogens is 378 g/mol. The van der Waals surface area contributed by atoms with Crippen LogP contribution in [0, 0.1) is 11.8 Å². The molecule has 0 bridgehead atoms. The molecule has 0 aliphatic carbocycles. The lowest BCUT2D eigenvalue weighted by Crippen LogP contribution is -2.30. The summed E-state index contributed by atoms with van der Waals surface area (Å²) in [7, 11) is 1.76. The largest absolute Gasteiger partial charge is 0.371 e. The van der Waals surface area contributed by atoms with Crippen molar-refractivity contribution in [3.63, 3.8) is 0 Å². The van der Waals surface area contributed by atoms with E-state index in [1.165, 1.54) is 5.56 Å². The van der Waals surface area contributed by atoms with Gasteiger partial charge in [-0.25, -0.2) is 0 Å². The molecule has 2 atom stereocenters. The molecule has 1 saturated heterocycles. The number of rotatable bonds is 6. The number of benzene rings is 1. The van der Waals surface area contributed by atoms with Crippen molar-refractivity contribution >= 4 is 11.6 Å². The third kappa shape index (κ3) is 4.01. The highest BCUT2D eigenvalue weighted by molar-refractivity contribution is 5.78. The Kier molecular flexibility index (Phi) is 5.44. The number of aryl methyl sites for hydroxylation is 1. The standard InChI is InChI=1S/C23H27N5O2/c1-16(23(24)30)18-8-9-27(13-18)21-10-22(29)26(2)15-20(21)19-11-25-28(14-19)12-17-6-4-3-5-7-17/h3-7,10-11,14-16,18H,8-9,12-13H2,1-2H3,(H2,24,30). The van der Waals surface area contributed by atoms with E-state index in [0.717, 1.165) is 29.8 Å². The molecule has 2 aromatic heterocycles. The maximum Gasteiger partial charge on any atom is 0.252 e. The molecule has 1 aliphatic heterocycles. The minimum absolute atomic E-state index is 0.0585. The number of carbonyl (C=O) groups excluding carboxylic acids is 1. The van der Waals surface area contributed by atoms with Crippen LogP contribution >= 0.6 is 0 Å². The number of anilines is 1. The first-order chi connectivity index (χ1) is 14.4. The number of nitrogens with zero attached hydrogens (tertiary/aromatic N) is 4. The van der Waals surface area contributed by atoms with Gasteiger partial charge in [0.25, 0.3) is 5.56 Å². The fraction of sp³-hybridized carbons (Fsp3) is 0.348. The van der Waals surface area contributed by atoms with Gasteiger partial charge >= 0.3 is 0 Å². The van der Waals surface area contributed by atoms with Crippen LogP contribution in [0.15, 0.2) is 59.8 Å². The summed E-state index contributed by atoms with van der Waals surface area (Å²) in [5, 5.41) is 4.52. The van der Waals surface area contributed by atoms with Crippen LogP contribution in [-0.2, 0) is 18.4 Å². The van der Waals surface area contributed by atoms with Crippen molar-refractivity contribution in [2.24, 2.45) is 24.6 Å². The first-order valence-corrected chi connectivity index (χ1v) is 10.2. The van der Waals surface area contributed by atoms with Crippen molar-refractivity contribution in [3.05, 3.63) is 70.9 Å². The molecule has 3 aromatic rings. The van der Waals surface area contributed by atoms with Gasteiger partial charge in [0.05, 0.1) is 18.4 Å². The Morgan fingerprint density at radius 1 is 1.27 bits per heavy atom. The Morgan fingerprint density at radius 3 is 2.77 bits per heavy atom. The number of pyridine rings is 1. The fourth-order valence-electron chi connectivity index (χ4n) is 4.11. The van der Waals surface area contributed by atoms with Gasteiger partial charge in [-0.3, -0.25) is 14.3 Å². The van der Waals surface area contributed by atoms with Gasteiger partial charge in [0.1, 0.15) is 0 Å². The maximum absolute atomic E-state index is 12.4. The molecule has 2 N–H and O–H groups in total. The molecule has 7 heteroatoms. The molecule has 0 spiro atoms. The van der Waals surface area contributed by atoms with Gasteiger partial charge in [0, 0.05) is 55.6 Å². The number of carbonyl (C=O) groups is 1. The Morgan fingerprint density at radius 2 is 2.03 bits per heavy atom. The summed E-state index contributed by atoms with van der Waals surface area (Å²) in [6.45, 7) is 4.07. The molecule has 7 nitrogen and oxygen atoms in total. The molecule has 1 aromatic carbocycles. The molecule has 3 heterocycles. The molecule has 30 heavy (non-hydrogen) atoms. The van der Waals surface area contributed by atoms with Crippen LogP contribution in [-0.4, -0.2) is 33.3 Å². The summed E-state index contributed by atoms with van der Waals surface area (Å²) in [6.07, 6.45) is 6.60. The normalized spacial score (nSPS) is 17.3. The third-order valence-corrected chi connectivity index (χ3v) is 6.06. The molecule has 0 saturated carbocycles. The smallest absolute Gasteiger partial charge is 0.252 e. The van der Waals surface area contributed by atoms with Crippen molar-refractivity contribution in [3.8, 4) is 11.1 Å². The first-order valence-electron chi connectivity index (χ1n) is 10.2. The number of hydrogen-bond donors (Lipinski definition) is 1. The topological polar surface area (TPSA) is 86.2 Å². The van der Waals surface area contributed by atoms with E-state index in [0.29, 0.717) is 13.1 Å². The second-order valence-electron chi connectivity index (χ2n) is 8.12. The number of hydrogen-bond acceptors (Lipinski definition) is 4. The predicted molar refractivity (Wildman–Crippen MR) is 117 cm³/mol. The van der Waals surface area contributed by atoms with Crippen LogP contribution in [0.4, 0.5) is 5.69 Å². The van der Waals surface area contributed by atoms with E-state index in [9.17, 15) is 9.59 Å². The molecule has 4 rings (SSSR count). The monoisotopic (exact) mass is 405 g/mol. The predicted octanol–water partition coefficient (Wildman–Crippen LogP) is 2.24. The molecule has 1 amide bonds. The molecule has 0 radical (unpaired) electrons. The van der Waals surface area contributed by atoms with E-state index in [1.54, 1.807) is 17.7 Å². The van der Waals surface area contributed by atoms with E-state index < -0.39 is 0 Å². The Bertz CT molecular complexity index is 1100. The summed E-state index contributed by atoms with van der Waals surface area (Å²) < 4.78 is 3.49. The highest BCUT2D eigenvalue weighted by atomic mass is 16.1. The number of nitrogens with two attached hydrogens (primary N) is 1. The van der Waals surface area contributed by atoms with Crippen molar-refractivity contribution in [1.29, 1.82) is 0 Å². The average molecular weight is 406 g/mol. The van der Waals surface area contributed by atoms with Gasteiger partial charge in [-0.15, -0.1) is 0 Å². The summed E-state index contributed by atoms with van der Waals surface area (Å²) in [4.78, 5) is 26.2. The lowest BCUT2D eigenvalue weighted by atomic mass is 9.93. The van der Waals surface area contributed by atoms with E-state index >= 15 is 0 Å². The highest BCUT2D eigenvalue weighted by Crippen LogP contribution is 2.34. The van der Waals surface area contributed by atoms with Crippen LogP contribution in [0.2, 0.25) is 0 Å². The summed E-state index contributed by atoms with van der Waals surface area (Å²) in [6, 6.07) is 11.9. The SMILES string of the molecule is CC(C(N)=O)C1CCN(c2cc(=O)n(C)cc2-c2cnn(Cc3ccccc3)c2)C1. The average Bonchev–Trinajstić information content (AvgIpc) is 3.40. The zero-order valence-electron chi connectivity index (χ0n) is 17.4. The highest BCUT2D eigenvalue weighted by Gasteiger charge is 2.31.